The Balaban J connectivity index is 2.48. The van der Waals surface area contributed by atoms with Gasteiger partial charge in [-0.05, 0) is 70.6 Å². The van der Waals surface area contributed by atoms with Crippen molar-refractivity contribution in [3.63, 3.8) is 0 Å². The van der Waals surface area contributed by atoms with E-state index in [9.17, 15) is 4.39 Å². The molecule has 0 bridgehead atoms. The minimum Gasteiger partial charge on any atom is -0.306 e. The van der Waals surface area contributed by atoms with Crippen molar-refractivity contribution in [3.8, 4) is 0 Å². The monoisotopic (exact) mass is 389 g/mol. The van der Waals surface area contributed by atoms with Crippen LogP contribution in [0.3, 0.4) is 0 Å². The predicted molar refractivity (Wildman–Crippen MR) is 86.1 cm³/mol. The second-order valence-corrected chi connectivity index (χ2v) is 5.86. The number of rotatable bonds is 4. The van der Waals surface area contributed by atoms with Crippen LogP contribution >= 0.6 is 34.2 Å². The molecule has 1 N–H and O–H groups in total. The topological polar surface area (TPSA) is 12.0 Å². The molecular formula is C15H14ClFIN. The predicted octanol–water partition coefficient (Wildman–Crippen LogP) is 4.78. The Bertz CT molecular complexity index is 574. The molecule has 1 unspecified atom stereocenters. The molecule has 0 saturated heterocycles. The highest BCUT2D eigenvalue weighted by Crippen LogP contribution is 2.29. The molecule has 19 heavy (non-hydrogen) atoms. The molecule has 1 nitrogen and oxygen atoms in total. The van der Waals surface area contributed by atoms with E-state index < -0.39 is 0 Å². The fourth-order valence-corrected chi connectivity index (χ4v) is 2.83. The van der Waals surface area contributed by atoms with Crippen molar-refractivity contribution < 1.29 is 4.39 Å². The van der Waals surface area contributed by atoms with Gasteiger partial charge in [-0.2, -0.15) is 0 Å². The van der Waals surface area contributed by atoms with Gasteiger partial charge in [-0.3, -0.25) is 0 Å². The summed E-state index contributed by atoms with van der Waals surface area (Å²) in [6.45, 7) is 2.80. The Kier molecular flexibility index (Phi) is 5.19. The minimum atomic E-state index is -0.270. The quantitative estimate of drug-likeness (QED) is 0.742. The molecule has 1 atom stereocenters. The van der Waals surface area contributed by atoms with Crippen LogP contribution in [0.5, 0.6) is 0 Å². The summed E-state index contributed by atoms with van der Waals surface area (Å²) in [5, 5.41) is 3.93. The number of hydrogen-bond donors (Lipinski definition) is 1. The third-order valence-corrected chi connectivity index (χ3v) is 3.87. The van der Waals surface area contributed by atoms with E-state index in [1.165, 1.54) is 12.1 Å². The molecule has 0 aliphatic carbocycles. The van der Waals surface area contributed by atoms with Gasteiger partial charge in [0.1, 0.15) is 5.82 Å². The van der Waals surface area contributed by atoms with E-state index >= 15 is 0 Å². The van der Waals surface area contributed by atoms with Crippen LogP contribution in [0.2, 0.25) is 5.02 Å². The minimum absolute atomic E-state index is 0.0945. The molecule has 0 saturated carbocycles. The zero-order chi connectivity index (χ0) is 13.8. The maximum Gasteiger partial charge on any atom is 0.123 e. The lowest BCUT2D eigenvalue weighted by atomic mass is 9.98. The normalized spacial score (nSPS) is 12.4. The van der Waals surface area contributed by atoms with Crippen LogP contribution in [-0.4, -0.2) is 6.54 Å². The summed E-state index contributed by atoms with van der Waals surface area (Å²) in [6, 6.07) is 12.5. The van der Waals surface area contributed by atoms with Gasteiger partial charge in [0.05, 0.1) is 6.04 Å². The summed E-state index contributed by atoms with van der Waals surface area (Å²) >= 11 is 8.47. The van der Waals surface area contributed by atoms with Crippen molar-refractivity contribution in [1.82, 2.24) is 5.32 Å². The SMILES string of the molecule is CCNC(c1cccc(I)c1)c1cc(F)ccc1Cl. The second-order valence-electron chi connectivity index (χ2n) is 4.21. The van der Waals surface area contributed by atoms with E-state index in [4.69, 9.17) is 11.6 Å². The van der Waals surface area contributed by atoms with Crippen LogP contribution in [0.4, 0.5) is 4.39 Å². The molecular weight excluding hydrogens is 376 g/mol. The summed E-state index contributed by atoms with van der Waals surface area (Å²) in [4.78, 5) is 0. The summed E-state index contributed by atoms with van der Waals surface area (Å²) in [5.41, 5.74) is 1.85. The fourth-order valence-electron chi connectivity index (χ4n) is 2.03. The average molecular weight is 390 g/mol. The molecule has 2 rings (SSSR count). The summed E-state index contributed by atoms with van der Waals surface area (Å²) < 4.78 is 14.6. The van der Waals surface area contributed by atoms with Crippen molar-refractivity contribution in [2.45, 2.75) is 13.0 Å². The van der Waals surface area contributed by atoms with Crippen molar-refractivity contribution in [1.29, 1.82) is 0 Å². The molecule has 0 aliphatic heterocycles. The van der Waals surface area contributed by atoms with Gasteiger partial charge in [0.2, 0.25) is 0 Å². The summed E-state index contributed by atoms with van der Waals surface area (Å²) in [7, 11) is 0. The second kappa shape index (κ2) is 6.68. The molecule has 100 valence electrons. The highest BCUT2D eigenvalue weighted by Gasteiger charge is 2.17. The number of benzene rings is 2. The molecule has 2 aromatic rings. The van der Waals surface area contributed by atoms with E-state index in [0.29, 0.717) is 5.02 Å². The van der Waals surface area contributed by atoms with E-state index in [-0.39, 0.29) is 11.9 Å². The first-order chi connectivity index (χ1) is 9.11. The smallest absolute Gasteiger partial charge is 0.123 e. The van der Waals surface area contributed by atoms with Gasteiger partial charge in [0.25, 0.3) is 0 Å². The number of halogens is 3. The first-order valence-electron chi connectivity index (χ1n) is 6.05. The third kappa shape index (κ3) is 3.68. The molecule has 0 aromatic heterocycles. The van der Waals surface area contributed by atoms with Crippen LogP contribution in [-0.2, 0) is 0 Å². The molecule has 2 aromatic carbocycles. The third-order valence-electron chi connectivity index (χ3n) is 2.86. The van der Waals surface area contributed by atoms with Gasteiger partial charge in [-0.1, -0.05) is 30.7 Å². The largest absolute Gasteiger partial charge is 0.306 e. The highest BCUT2D eigenvalue weighted by atomic mass is 127. The zero-order valence-corrected chi connectivity index (χ0v) is 13.4. The molecule has 0 heterocycles. The van der Waals surface area contributed by atoms with Crippen LogP contribution < -0.4 is 5.32 Å². The van der Waals surface area contributed by atoms with Crippen LogP contribution in [0.25, 0.3) is 0 Å². The Morgan fingerprint density at radius 1 is 1.26 bits per heavy atom. The Morgan fingerprint density at radius 2 is 2.05 bits per heavy atom. The molecule has 0 amide bonds. The summed E-state index contributed by atoms with van der Waals surface area (Å²) in [6.07, 6.45) is 0. The standard InChI is InChI=1S/C15H14ClFIN/c1-2-19-15(10-4-3-5-12(18)8-10)13-9-11(17)6-7-14(13)16/h3-9,15,19H,2H2,1H3. The lowest BCUT2D eigenvalue weighted by molar-refractivity contribution is 0.603. The molecule has 4 heteroatoms. The molecule has 0 fully saturated rings. The molecule has 0 spiro atoms. The molecule has 0 radical (unpaired) electrons. The van der Waals surface area contributed by atoms with Gasteiger partial charge in [-0.25, -0.2) is 4.39 Å². The number of nitrogens with one attached hydrogen (secondary N) is 1. The zero-order valence-electron chi connectivity index (χ0n) is 10.5. The van der Waals surface area contributed by atoms with Gasteiger partial charge in [0.15, 0.2) is 0 Å². The maximum absolute atomic E-state index is 13.5. The Labute approximate surface area is 131 Å². The Hall–Kier alpha value is -0.650. The first-order valence-corrected chi connectivity index (χ1v) is 7.51. The van der Waals surface area contributed by atoms with Crippen LogP contribution in [0, 0.1) is 9.39 Å². The van der Waals surface area contributed by atoms with Crippen molar-refractivity contribution in [2.24, 2.45) is 0 Å². The lowest BCUT2D eigenvalue weighted by Gasteiger charge is -2.20. The van der Waals surface area contributed by atoms with E-state index in [1.54, 1.807) is 6.07 Å². The van der Waals surface area contributed by atoms with E-state index in [0.717, 1.165) is 21.2 Å². The summed E-state index contributed by atoms with van der Waals surface area (Å²) in [5.74, 6) is -0.270. The van der Waals surface area contributed by atoms with Crippen molar-refractivity contribution >= 4 is 34.2 Å². The first kappa shape index (κ1) is 14.8. The van der Waals surface area contributed by atoms with Gasteiger partial charge in [0, 0.05) is 8.59 Å². The van der Waals surface area contributed by atoms with E-state index in [1.807, 2.05) is 25.1 Å². The lowest BCUT2D eigenvalue weighted by Crippen LogP contribution is -2.22. The molecule has 0 aliphatic rings. The maximum atomic E-state index is 13.5. The van der Waals surface area contributed by atoms with Crippen LogP contribution in [0.1, 0.15) is 24.1 Å². The van der Waals surface area contributed by atoms with E-state index in [2.05, 4.69) is 34.0 Å². The van der Waals surface area contributed by atoms with Gasteiger partial charge >= 0.3 is 0 Å². The average Bonchev–Trinajstić information content (AvgIpc) is 2.39. The fraction of sp³-hybridized carbons (Fsp3) is 0.200. The highest BCUT2D eigenvalue weighted by molar-refractivity contribution is 14.1. The number of hydrogen-bond acceptors (Lipinski definition) is 1. The van der Waals surface area contributed by atoms with Gasteiger partial charge < -0.3 is 5.32 Å². The van der Waals surface area contributed by atoms with Crippen LogP contribution in [0.15, 0.2) is 42.5 Å². The Morgan fingerprint density at radius 3 is 2.74 bits per heavy atom. The van der Waals surface area contributed by atoms with Crippen molar-refractivity contribution in [2.75, 3.05) is 6.54 Å². The van der Waals surface area contributed by atoms with Gasteiger partial charge in [-0.15, -0.1) is 0 Å². The van der Waals surface area contributed by atoms with Crippen molar-refractivity contribution in [3.05, 3.63) is 68.0 Å².